The van der Waals surface area contributed by atoms with E-state index in [9.17, 15) is 0 Å². The van der Waals surface area contributed by atoms with Crippen molar-refractivity contribution in [2.24, 2.45) is 0 Å². The van der Waals surface area contributed by atoms with Gasteiger partial charge in [-0.3, -0.25) is 0 Å². The topological polar surface area (TPSA) is 24.9 Å². The molecule has 0 saturated carbocycles. The zero-order chi connectivity index (χ0) is 17.1. The van der Waals surface area contributed by atoms with Gasteiger partial charge < -0.3 is 5.32 Å². The maximum Gasteiger partial charge on any atom is 0.188 e. The standard InChI is InChI=1S/C22H18N2S/c1-16-12-14-17(15-13-16)20-21(18-8-4-2-5-9-18)25-22(24-20)23-19-10-6-3-7-11-19/h2-15H,1H3,(H,23,24). The van der Waals surface area contributed by atoms with Crippen molar-refractivity contribution in [1.29, 1.82) is 0 Å². The van der Waals surface area contributed by atoms with Crippen LogP contribution in [0.3, 0.4) is 0 Å². The number of thiazole rings is 1. The molecule has 1 heterocycles. The number of anilines is 2. The fourth-order valence-electron chi connectivity index (χ4n) is 2.71. The normalized spacial score (nSPS) is 10.6. The maximum absolute atomic E-state index is 4.89. The lowest BCUT2D eigenvalue weighted by Crippen LogP contribution is -1.88. The predicted octanol–water partition coefficient (Wildman–Crippen LogP) is 6.53. The van der Waals surface area contributed by atoms with Crippen molar-refractivity contribution >= 4 is 22.2 Å². The lowest BCUT2D eigenvalue weighted by molar-refractivity contribution is 1.37. The van der Waals surface area contributed by atoms with Gasteiger partial charge in [-0.2, -0.15) is 0 Å². The molecule has 0 aliphatic heterocycles. The van der Waals surface area contributed by atoms with Gasteiger partial charge in [0, 0.05) is 11.3 Å². The quantitative estimate of drug-likeness (QED) is 0.456. The third-order valence-electron chi connectivity index (χ3n) is 4.01. The van der Waals surface area contributed by atoms with Crippen molar-refractivity contribution in [2.45, 2.75) is 6.92 Å². The summed E-state index contributed by atoms with van der Waals surface area (Å²) in [6, 6.07) is 29.2. The minimum Gasteiger partial charge on any atom is -0.332 e. The van der Waals surface area contributed by atoms with Crippen molar-refractivity contribution in [3.05, 3.63) is 90.5 Å². The lowest BCUT2D eigenvalue weighted by Gasteiger charge is -2.03. The van der Waals surface area contributed by atoms with E-state index in [1.54, 1.807) is 11.3 Å². The van der Waals surface area contributed by atoms with Crippen LogP contribution in [0.4, 0.5) is 10.8 Å². The molecule has 0 amide bonds. The first kappa shape index (κ1) is 15.6. The Morgan fingerprint density at radius 1 is 0.720 bits per heavy atom. The van der Waals surface area contributed by atoms with E-state index in [2.05, 4.69) is 72.9 Å². The van der Waals surface area contributed by atoms with Gasteiger partial charge in [0.2, 0.25) is 0 Å². The van der Waals surface area contributed by atoms with E-state index < -0.39 is 0 Å². The number of aromatic nitrogens is 1. The first-order valence-corrected chi connectivity index (χ1v) is 9.06. The van der Waals surface area contributed by atoms with Crippen LogP contribution in [0.15, 0.2) is 84.9 Å². The van der Waals surface area contributed by atoms with E-state index in [1.165, 1.54) is 16.0 Å². The molecule has 4 rings (SSSR count). The minimum absolute atomic E-state index is 0.903. The van der Waals surface area contributed by atoms with E-state index in [1.807, 2.05) is 24.3 Å². The summed E-state index contributed by atoms with van der Waals surface area (Å²) < 4.78 is 0. The predicted molar refractivity (Wildman–Crippen MR) is 107 cm³/mol. The second-order valence-electron chi connectivity index (χ2n) is 5.92. The highest BCUT2D eigenvalue weighted by Crippen LogP contribution is 2.39. The van der Waals surface area contributed by atoms with Crippen molar-refractivity contribution in [3.8, 4) is 21.7 Å². The molecule has 0 atom stereocenters. The van der Waals surface area contributed by atoms with Crippen LogP contribution >= 0.6 is 11.3 Å². The Hall–Kier alpha value is -2.91. The second-order valence-corrected chi connectivity index (χ2v) is 6.92. The van der Waals surface area contributed by atoms with Gasteiger partial charge in [-0.05, 0) is 24.6 Å². The van der Waals surface area contributed by atoms with Gasteiger partial charge in [0.25, 0.3) is 0 Å². The lowest BCUT2D eigenvalue weighted by atomic mass is 10.1. The third-order valence-corrected chi connectivity index (χ3v) is 5.03. The highest BCUT2D eigenvalue weighted by atomic mass is 32.1. The van der Waals surface area contributed by atoms with Crippen LogP contribution in [0, 0.1) is 6.92 Å². The Labute approximate surface area is 151 Å². The summed E-state index contributed by atoms with van der Waals surface area (Å²) in [6.45, 7) is 2.10. The number of hydrogen-bond acceptors (Lipinski definition) is 3. The molecule has 0 radical (unpaired) electrons. The van der Waals surface area contributed by atoms with Crippen LogP contribution in [0.25, 0.3) is 21.7 Å². The average molecular weight is 342 g/mol. The molecular formula is C22H18N2S. The summed E-state index contributed by atoms with van der Waals surface area (Å²) >= 11 is 1.68. The van der Waals surface area contributed by atoms with E-state index in [4.69, 9.17) is 4.98 Å². The molecule has 122 valence electrons. The monoisotopic (exact) mass is 342 g/mol. The molecule has 1 aromatic heterocycles. The molecule has 1 N–H and O–H groups in total. The minimum atomic E-state index is 0.903. The Bertz CT molecular complexity index is 958. The van der Waals surface area contributed by atoms with Crippen LogP contribution in [0.2, 0.25) is 0 Å². The molecule has 0 fully saturated rings. The summed E-state index contributed by atoms with van der Waals surface area (Å²) in [5.41, 5.74) is 5.65. The highest BCUT2D eigenvalue weighted by molar-refractivity contribution is 7.19. The number of nitrogens with zero attached hydrogens (tertiary/aromatic N) is 1. The van der Waals surface area contributed by atoms with Gasteiger partial charge in [-0.1, -0.05) is 89.7 Å². The van der Waals surface area contributed by atoms with Gasteiger partial charge in [0.05, 0.1) is 10.6 Å². The van der Waals surface area contributed by atoms with E-state index in [0.717, 1.165) is 22.1 Å². The summed E-state index contributed by atoms with van der Waals surface area (Å²) in [4.78, 5) is 6.07. The van der Waals surface area contributed by atoms with Crippen LogP contribution in [0.1, 0.15) is 5.56 Å². The molecule has 4 aromatic rings. The molecule has 0 bridgehead atoms. The molecule has 0 saturated heterocycles. The summed E-state index contributed by atoms with van der Waals surface area (Å²) in [7, 11) is 0. The van der Waals surface area contributed by atoms with Crippen LogP contribution in [-0.2, 0) is 0 Å². The van der Waals surface area contributed by atoms with Crippen LogP contribution < -0.4 is 5.32 Å². The summed E-state index contributed by atoms with van der Waals surface area (Å²) in [5, 5.41) is 4.33. The van der Waals surface area contributed by atoms with E-state index in [-0.39, 0.29) is 0 Å². The molecule has 3 heteroatoms. The Morgan fingerprint density at radius 3 is 2.04 bits per heavy atom. The summed E-state index contributed by atoms with van der Waals surface area (Å²) in [5.74, 6) is 0. The second kappa shape index (κ2) is 6.91. The Morgan fingerprint density at radius 2 is 1.36 bits per heavy atom. The van der Waals surface area contributed by atoms with Gasteiger partial charge in [-0.15, -0.1) is 0 Å². The zero-order valence-electron chi connectivity index (χ0n) is 13.9. The summed E-state index contributed by atoms with van der Waals surface area (Å²) in [6.07, 6.45) is 0. The van der Waals surface area contributed by atoms with E-state index in [0.29, 0.717) is 0 Å². The van der Waals surface area contributed by atoms with E-state index >= 15 is 0 Å². The largest absolute Gasteiger partial charge is 0.332 e. The van der Waals surface area contributed by atoms with Gasteiger partial charge in [0.1, 0.15) is 0 Å². The highest BCUT2D eigenvalue weighted by Gasteiger charge is 2.15. The number of aryl methyl sites for hydroxylation is 1. The number of rotatable bonds is 4. The maximum atomic E-state index is 4.89. The molecule has 0 spiro atoms. The molecular weight excluding hydrogens is 324 g/mol. The van der Waals surface area contributed by atoms with Crippen LogP contribution in [0.5, 0.6) is 0 Å². The Balaban J connectivity index is 1.79. The molecule has 0 aliphatic rings. The van der Waals surface area contributed by atoms with Crippen molar-refractivity contribution in [3.63, 3.8) is 0 Å². The molecule has 2 nitrogen and oxygen atoms in total. The molecule has 25 heavy (non-hydrogen) atoms. The fourth-order valence-corrected chi connectivity index (χ4v) is 3.72. The SMILES string of the molecule is Cc1ccc(-c2nc(Nc3ccccc3)sc2-c2ccccc2)cc1. The first-order chi connectivity index (χ1) is 12.3. The molecule has 3 aromatic carbocycles. The zero-order valence-corrected chi connectivity index (χ0v) is 14.8. The van der Waals surface area contributed by atoms with Crippen LogP contribution in [-0.4, -0.2) is 4.98 Å². The van der Waals surface area contributed by atoms with Crippen molar-refractivity contribution in [2.75, 3.05) is 5.32 Å². The molecule has 0 aliphatic carbocycles. The Kier molecular flexibility index (Phi) is 4.32. The number of nitrogens with one attached hydrogen (secondary N) is 1. The average Bonchev–Trinajstić information content (AvgIpc) is 3.08. The van der Waals surface area contributed by atoms with Gasteiger partial charge in [0.15, 0.2) is 5.13 Å². The number of benzene rings is 3. The molecule has 0 unspecified atom stereocenters. The number of para-hydroxylation sites is 1. The van der Waals surface area contributed by atoms with Crippen molar-refractivity contribution < 1.29 is 0 Å². The fraction of sp³-hybridized carbons (Fsp3) is 0.0455. The first-order valence-electron chi connectivity index (χ1n) is 8.25. The van der Waals surface area contributed by atoms with Gasteiger partial charge >= 0.3 is 0 Å². The number of hydrogen-bond donors (Lipinski definition) is 1. The van der Waals surface area contributed by atoms with Gasteiger partial charge in [-0.25, -0.2) is 4.98 Å². The van der Waals surface area contributed by atoms with Crippen molar-refractivity contribution in [1.82, 2.24) is 4.98 Å². The smallest absolute Gasteiger partial charge is 0.188 e. The third kappa shape index (κ3) is 3.47.